The van der Waals surface area contributed by atoms with Crippen LogP contribution in [0.1, 0.15) is 32.9 Å². The van der Waals surface area contributed by atoms with Gasteiger partial charge in [-0.1, -0.05) is 24.3 Å². The number of hydrogen-bond donors (Lipinski definition) is 1. The van der Waals surface area contributed by atoms with Gasteiger partial charge >= 0.3 is 0 Å². The zero-order chi connectivity index (χ0) is 21.6. The third-order valence-electron chi connectivity index (χ3n) is 5.06. The maximum absolute atomic E-state index is 12.8. The van der Waals surface area contributed by atoms with Gasteiger partial charge in [-0.15, -0.1) is 0 Å². The summed E-state index contributed by atoms with van der Waals surface area (Å²) in [5.74, 6) is 1.48. The smallest absolute Gasteiger partial charge is 0.253 e. The van der Waals surface area contributed by atoms with E-state index in [2.05, 4.69) is 15.3 Å². The summed E-state index contributed by atoms with van der Waals surface area (Å²) in [7, 11) is 0. The van der Waals surface area contributed by atoms with Crippen molar-refractivity contribution >= 4 is 5.91 Å². The lowest BCUT2D eigenvalue weighted by Crippen LogP contribution is -2.23. The Hall–Kier alpha value is -3.93. The Bertz CT molecular complexity index is 1150. The molecule has 0 aliphatic rings. The number of aromatic nitrogens is 3. The van der Waals surface area contributed by atoms with E-state index in [-0.39, 0.29) is 5.91 Å². The van der Waals surface area contributed by atoms with E-state index in [1.807, 2.05) is 79.1 Å². The Balaban J connectivity index is 1.37. The van der Waals surface area contributed by atoms with Gasteiger partial charge in [-0.05, 0) is 55.8 Å². The highest BCUT2D eigenvalue weighted by Gasteiger charge is 2.17. The largest absolute Gasteiger partial charge is 0.489 e. The van der Waals surface area contributed by atoms with Crippen LogP contribution >= 0.6 is 0 Å². The summed E-state index contributed by atoms with van der Waals surface area (Å²) >= 11 is 0. The highest BCUT2D eigenvalue weighted by atomic mass is 16.5. The first-order chi connectivity index (χ1) is 15.1. The Morgan fingerprint density at radius 2 is 1.84 bits per heavy atom. The topological polar surface area (TPSA) is 69.0 Å². The van der Waals surface area contributed by atoms with Crippen molar-refractivity contribution in [2.45, 2.75) is 27.0 Å². The van der Waals surface area contributed by atoms with Crippen molar-refractivity contribution < 1.29 is 9.53 Å². The van der Waals surface area contributed by atoms with E-state index in [0.717, 1.165) is 34.1 Å². The van der Waals surface area contributed by atoms with Crippen molar-refractivity contribution in [3.63, 3.8) is 0 Å². The van der Waals surface area contributed by atoms with Crippen LogP contribution in [0.4, 0.5) is 0 Å². The Kier molecular flexibility index (Phi) is 6.08. The standard InChI is InChI=1S/C25H24N4O2/c1-18-14-23(19(2)29(18)24-7-3-4-13-27-24)25(30)28-16-20-8-10-22(11-9-20)31-17-21-6-5-12-26-15-21/h3-15H,16-17H2,1-2H3,(H,28,30). The van der Waals surface area contributed by atoms with Crippen LogP contribution in [0, 0.1) is 13.8 Å². The number of aryl methyl sites for hydroxylation is 1. The molecule has 3 heterocycles. The first-order valence-electron chi connectivity index (χ1n) is 10.1. The zero-order valence-electron chi connectivity index (χ0n) is 17.6. The second kappa shape index (κ2) is 9.26. The zero-order valence-corrected chi connectivity index (χ0v) is 17.6. The minimum Gasteiger partial charge on any atom is -0.489 e. The first-order valence-corrected chi connectivity index (χ1v) is 10.1. The average molecular weight is 412 g/mol. The molecule has 3 aromatic heterocycles. The molecule has 0 spiro atoms. The summed E-state index contributed by atoms with van der Waals surface area (Å²) < 4.78 is 7.77. The van der Waals surface area contributed by atoms with Gasteiger partial charge in [0.2, 0.25) is 0 Å². The average Bonchev–Trinajstić information content (AvgIpc) is 3.12. The molecule has 1 aromatic carbocycles. The lowest BCUT2D eigenvalue weighted by molar-refractivity contribution is 0.0950. The fraction of sp³-hybridized carbons (Fsp3) is 0.160. The van der Waals surface area contributed by atoms with E-state index < -0.39 is 0 Å². The number of pyridine rings is 2. The predicted octanol–water partition coefficient (Wildman–Crippen LogP) is 4.39. The number of carbonyl (C=O) groups excluding carboxylic acids is 1. The Labute approximate surface area is 181 Å². The van der Waals surface area contributed by atoms with Gasteiger partial charge in [0.25, 0.3) is 5.91 Å². The lowest BCUT2D eigenvalue weighted by Gasteiger charge is -2.10. The Morgan fingerprint density at radius 3 is 2.55 bits per heavy atom. The van der Waals surface area contributed by atoms with Gasteiger partial charge in [-0.25, -0.2) is 4.98 Å². The van der Waals surface area contributed by atoms with Gasteiger partial charge < -0.3 is 14.6 Å². The van der Waals surface area contributed by atoms with Crippen molar-refractivity contribution in [3.05, 3.63) is 107 Å². The minimum absolute atomic E-state index is 0.104. The van der Waals surface area contributed by atoms with Gasteiger partial charge in [0.05, 0.1) is 5.56 Å². The second-order valence-electron chi connectivity index (χ2n) is 7.28. The molecule has 31 heavy (non-hydrogen) atoms. The highest BCUT2D eigenvalue weighted by Crippen LogP contribution is 2.20. The molecule has 0 fully saturated rings. The van der Waals surface area contributed by atoms with Crippen molar-refractivity contribution in [1.29, 1.82) is 0 Å². The summed E-state index contributed by atoms with van der Waals surface area (Å²) in [4.78, 5) is 21.3. The summed E-state index contributed by atoms with van der Waals surface area (Å²) in [6, 6.07) is 19.2. The number of hydrogen-bond acceptors (Lipinski definition) is 4. The molecule has 4 aromatic rings. The van der Waals surface area contributed by atoms with Crippen molar-refractivity contribution in [3.8, 4) is 11.6 Å². The number of benzene rings is 1. The second-order valence-corrected chi connectivity index (χ2v) is 7.28. The number of nitrogens with one attached hydrogen (secondary N) is 1. The monoisotopic (exact) mass is 412 g/mol. The number of nitrogens with zero attached hydrogens (tertiary/aromatic N) is 3. The van der Waals surface area contributed by atoms with E-state index in [1.165, 1.54) is 0 Å². The molecule has 0 radical (unpaired) electrons. The van der Waals surface area contributed by atoms with Crippen LogP contribution in [0.25, 0.3) is 5.82 Å². The van der Waals surface area contributed by atoms with E-state index in [4.69, 9.17) is 4.74 Å². The predicted molar refractivity (Wildman–Crippen MR) is 119 cm³/mol. The minimum atomic E-state index is -0.104. The molecule has 0 aliphatic carbocycles. The molecule has 0 unspecified atom stereocenters. The third kappa shape index (κ3) is 4.80. The van der Waals surface area contributed by atoms with Crippen LogP contribution in [-0.4, -0.2) is 20.4 Å². The molecule has 0 saturated heterocycles. The maximum atomic E-state index is 12.8. The number of amides is 1. The van der Waals surface area contributed by atoms with Gasteiger partial charge in [0.15, 0.2) is 0 Å². The van der Waals surface area contributed by atoms with Crippen LogP contribution in [-0.2, 0) is 13.2 Å². The van der Waals surface area contributed by atoms with Crippen LogP contribution in [0.15, 0.2) is 79.3 Å². The van der Waals surface area contributed by atoms with Crippen LogP contribution in [0.3, 0.4) is 0 Å². The molecule has 0 aliphatic heterocycles. The third-order valence-corrected chi connectivity index (χ3v) is 5.06. The van der Waals surface area contributed by atoms with E-state index >= 15 is 0 Å². The van der Waals surface area contributed by atoms with E-state index in [0.29, 0.717) is 18.7 Å². The summed E-state index contributed by atoms with van der Waals surface area (Å²) in [6.45, 7) is 4.82. The molecule has 6 heteroatoms. The fourth-order valence-corrected chi connectivity index (χ4v) is 3.46. The molecule has 0 saturated carbocycles. The van der Waals surface area contributed by atoms with Crippen molar-refractivity contribution in [2.75, 3.05) is 0 Å². The Morgan fingerprint density at radius 1 is 1.00 bits per heavy atom. The van der Waals surface area contributed by atoms with Gasteiger partial charge in [0.1, 0.15) is 18.2 Å². The number of carbonyl (C=O) groups is 1. The fourth-order valence-electron chi connectivity index (χ4n) is 3.46. The molecule has 4 rings (SSSR count). The molecule has 6 nitrogen and oxygen atoms in total. The molecular formula is C25H24N4O2. The summed E-state index contributed by atoms with van der Waals surface area (Å²) in [5.41, 5.74) is 4.51. The summed E-state index contributed by atoms with van der Waals surface area (Å²) in [5, 5.41) is 3.00. The van der Waals surface area contributed by atoms with Gasteiger partial charge in [0, 0.05) is 42.1 Å². The normalized spacial score (nSPS) is 10.6. The number of ether oxygens (including phenoxy) is 1. The SMILES string of the molecule is Cc1cc(C(=O)NCc2ccc(OCc3cccnc3)cc2)c(C)n1-c1ccccn1. The van der Waals surface area contributed by atoms with Crippen LogP contribution in [0.2, 0.25) is 0 Å². The van der Waals surface area contributed by atoms with Gasteiger partial charge in [-0.2, -0.15) is 0 Å². The lowest BCUT2D eigenvalue weighted by atomic mass is 10.2. The van der Waals surface area contributed by atoms with E-state index in [9.17, 15) is 4.79 Å². The van der Waals surface area contributed by atoms with Crippen LogP contribution < -0.4 is 10.1 Å². The van der Waals surface area contributed by atoms with Crippen LogP contribution in [0.5, 0.6) is 5.75 Å². The number of rotatable bonds is 7. The quantitative estimate of drug-likeness (QED) is 0.489. The molecule has 1 N–H and O–H groups in total. The summed E-state index contributed by atoms with van der Waals surface area (Å²) in [6.07, 6.45) is 5.27. The molecule has 0 atom stereocenters. The molecule has 1 amide bonds. The van der Waals surface area contributed by atoms with Crippen molar-refractivity contribution in [1.82, 2.24) is 19.9 Å². The van der Waals surface area contributed by atoms with E-state index in [1.54, 1.807) is 18.6 Å². The molecular weight excluding hydrogens is 388 g/mol. The molecule has 0 bridgehead atoms. The highest BCUT2D eigenvalue weighted by molar-refractivity contribution is 5.95. The van der Waals surface area contributed by atoms with Gasteiger partial charge in [-0.3, -0.25) is 9.78 Å². The molecule has 156 valence electrons. The first kappa shape index (κ1) is 20.3. The van der Waals surface area contributed by atoms with Crippen molar-refractivity contribution in [2.24, 2.45) is 0 Å². The maximum Gasteiger partial charge on any atom is 0.253 e.